The zero-order chi connectivity index (χ0) is 11.0. The molecule has 0 fully saturated rings. The van der Waals surface area contributed by atoms with E-state index in [1.807, 2.05) is 20.9 Å². The van der Waals surface area contributed by atoms with Crippen molar-refractivity contribution < 1.29 is 4.42 Å². The van der Waals surface area contributed by atoms with Crippen LogP contribution >= 0.6 is 0 Å². The minimum atomic E-state index is 0.150. The number of aryl methyl sites for hydroxylation is 2. The average Bonchev–Trinajstić information content (AvgIpc) is 2.60. The molecule has 1 aromatic carbocycles. The Bertz CT molecular complexity index is 488. The smallest absolute Gasteiger partial charge is 0.212 e. The number of hydrogen-bond acceptors (Lipinski definition) is 3. The summed E-state index contributed by atoms with van der Waals surface area (Å²) >= 11 is 0. The first-order valence-corrected chi connectivity index (χ1v) is 5.16. The highest BCUT2D eigenvalue weighted by Gasteiger charge is 2.12. The number of benzene rings is 1. The molecule has 2 rings (SSSR count). The van der Waals surface area contributed by atoms with Crippen LogP contribution in [0.4, 0.5) is 0 Å². The molecule has 0 radical (unpaired) electrons. The minimum Gasteiger partial charge on any atom is -0.439 e. The quantitative estimate of drug-likeness (QED) is 0.817. The van der Waals surface area contributed by atoms with Gasteiger partial charge in [0.2, 0.25) is 5.89 Å². The van der Waals surface area contributed by atoms with Crippen LogP contribution in [0.2, 0.25) is 0 Å². The van der Waals surface area contributed by atoms with E-state index >= 15 is 0 Å². The monoisotopic (exact) mass is 204 g/mol. The van der Waals surface area contributed by atoms with Gasteiger partial charge in [-0.2, -0.15) is 0 Å². The van der Waals surface area contributed by atoms with Crippen LogP contribution < -0.4 is 5.32 Å². The van der Waals surface area contributed by atoms with Crippen molar-refractivity contribution in [2.45, 2.75) is 26.8 Å². The fourth-order valence-electron chi connectivity index (χ4n) is 1.70. The molecule has 0 saturated heterocycles. The summed E-state index contributed by atoms with van der Waals surface area (Å²) < 4.78 is 5.73. The minimum absolute atomic E-state index is 0.150. The fraction of sp³-hybridized carbons (Fsp3) is 0.417. The summed E-state index contributed by atoms with van der Waals surface area (Å²) in [5.41, 5.74) is 4.21. The normalized spacial score (nSPS) is 13.3. The lowest BCUT2D eigenvalue weighted by Gasteiger charge is -2.02. The van der Waals surface area contributed by atoms with Crippen LogP contribution in [-0.4, -0.2) is 12.0 Å². The van der Waals surface area contributed by atoms with E-state index in [0.29, 0.717) is 0 Å². The summed E-state index contributed by atoms with van der Waals surface area (Å²) in [6.45, 7) is 6.16. The predicted octanol–water partition coefficient (Wildman–Crippen LogP) is 2.73. The van der Waals surface area contributed by atoms with Gasteiger partial charge in [0.15, 0.2) is 5.58 Å². The molecule has 1 atom stereocenters. The van der Waals surface area contributed by atoms with E-state index in [1.165, 1.54) is 5.56 Å². The Morgan fingerprint density at radius 2 is 2.07 bits per heavy atom. The molecule has 1 aromatic heterocycles. The molecule has 0 saturated carbocycles. The summed E-state index contributed by atoms with van der Waals surface area (Å²) in [7, 11) is 1.90. The summed E-state index contributed by atoms with van der Waals surface area (Å²) in [4.78, 5) is 4.48. The fourth-order valence-corrected chi connectivity index (χ4v) is 1.70. The Morgan fingerprint density at radius 3 is 2.73 bits per heavy atom. The van der Waals surface area contributed by atoms with E-state index in [1.54, 1.807) is 0 Å². The van der Waals surface area contributed by atoms with Crippen molar-refractivity contribution in [2.24, 2.45) is 0 Å². The average molecular weight is 204 g/mol. The van der Waals surface area contributed by atoms with Gasteiger partial charge in [0.1, 0.15) is 5.52 Å². The van der Waals surface area contributed by atoms with Crippen LogP contribution in [0.1, 0.15) is 30.0 Å². The Morgan fingerprint density at radius 1 is 1.33 bits per heavy atom. The lowest BCUT2D eigenvalue weighted by molar-refractivity contribution is 0.455. The van der Waals surface area contributed by atoms with Crippen molar-refractivity contribution in [3.05, 3.63) is 29.2 Å². The van der Waals surface area contributed by atoms with Crippen molar-refractivity contribution in [1.82, 2.24) is 10.3 Å². The highest BCUT2D eigenvalue weighted by Crippen LogP contribution is 2.24. The molecule has 0 bridgehead atoms. The van der Waals surface area contributed by atoms with Crippen molar-refractivity contribution in [3.63, 3.8) is 0 Å². The molecule has 1 unspecified atom stereocenters. The van der Waals surface area contributed by atoms with Crippen molar-refractivity contribution >= 4 is 11.1 Å². The standard InChI is InChI=1S/C12H16N2O/c1-7-5-8(2)11-10(6-7)14-12(15-11)9(3)13-4/h5-6,9,13H,1-4H3. The number of aromatic nitrogens is 1. The van der Waals surface area contributed by atoms with Crippen LogP contribution in [0.3, 0.4) is 0 Å². The lowest BCUT2D eigenvalue weighted by Crippen LogP contribution is -2.12. The van der Waals surface area contributed by atoms with E-state index in [9.17, 15) is 0 Å². The molecule has 0 amide bonds. The van der Waals surface area contributed by atoms with Gasteiger partial charge in [-0.05, 0) is 45.0 Å². The molecule has 0 spiro atoms. The molecule has 15 heavy (non-hydrogen) atoms. The highest BCUT2D eigenvalue weighted by molar-refractivity contribution is 5.77. The Kier molecular flexibility index (Phi) is 2.49. The van der Waals surface area contributed by atoms with E-state index in [0.717, 1.165) is 22.6 Å². The second-order valence-corrected chi connectivity index (χ2v) is 3.99. The summed E-state index contributed by atoms with van der Waals surface area (Å²) in [6.07, 6.45) is 0. The van der Waals surface area contributed by atoms with Crippen LogP contribution in [0.5, 0.6) is 0 Å². The molecule has 2 aromatic rings. The molecule has 3 nitrogen and oxygen atoms in total. The molecular weight excluding hydrogens is 188 g/mol. The first-order chi connectivity index (χ1) is 7.11. The van der Waals surface area contributed by atoms with Crippen LogP contribution in [0.25, 0.3) is 11.1 Å². The summed E-state index contributed by atoms with van der Waals surface area (Å²) in [5, 5.41) is 3.12. The Hall–Kier alpha value is -1.35. The number of fused-ring (bicyclic) bond motifs is 1. The van der Waals surface area contributed by atoms with Gasteiger partial charge in [0.05, 0.1) is 6.04 Å². The molecule has 0 aliphatic carbocycles. The predicted molar refractivity (Wildman–Crippen MR) is 61.0 cm³/mol. The summed E-state index contributed by atoms with van der Waals surface area (Å²) in [5.74, 6) is 0.751. The second kappa shape index (κ2) is 3.66. The van der Waals surface area contributed by atoms with Crippen molar-refractivity contribution in [1.29, 1.82) is 0 Å². The highest BCUT2D eigenvalue weighted by atomic mass is 16.3. The third kappa shape index (κ3) is 1.75. The first-order valence-electron chi connectivity index (χ1n) is 5.16. The summed E-state index contributed by atoms with van der Waals surface area (Å²) in [6, 6.07) is 4.32. The van der Waals surface area contributed by atoms with E-state index < -0.39 is 0 Å². The molecule has 80 valence electrons. The zero-order valence-electron chi connectivity index (χ0n) is 9.59. The van der Waals surface area contributed by atoms with Gasteiger partial charge in [0, 0.05) is 0 Å². The van der Waals surface area contributed by atoms with Gasteiger partial charge in [-0.15, -0.1) is 0 Å². The maximum Gasteiger partial charge on any atom is 0.212 e. The molecular formula is C12H16N2O. The first kappa shape index (κ1) is 10.2. The number of nitrogens with one attached hydrogen (secondary N) is 1. The van der Waals surface area contributed by atoms with Gasteiger partial charge < -0.3 is 9.73 Å². The molecule has 0 aliphatic rings. The van der Waals surface area contributed by atoms with Gasteiger partial charge in [-0.1, -0.05) is 6.07 Å². The maximum absolute atomic E-state index is 5.73. The van der Waals surface area contributed by atoms with E-state index in [-0.39, 0.29) is 6.04 Å². The zero-order valence-corrected chi connectivity index (χ0v) is 9.59. The van der Waals surface area contributed by atoms with Gasteiger partial charge in [-0.3, -0.25) is 0 Å². The van der Waals surface area contributed by atoms with Crippen molar-refractivity contribution in [3.8, 4) is 0 Å². The van der Waals surface area contributed by atoms with Gasteiger partial charge >= 0.3 is 0 Å². The molecule has 1 N–H and O–H groups in total. The van der Waals surface area contributed by atoms with Crippen LogP contribution in [-0.2, 0) is 0 Å². The topological polar surface area (TPSA) is 38.1 Å². The lowest BCUT2D eigenvalue weighted by atomic mass is 10.1. The van der Waals surface area contributed by atoms with Crippen LogP contribution in [0.15, 0.2) is 16.5 Å². The number of nitrogens with zero attached hydrogens (tertiary/aromatic N) is 1. The molecule has 1 heterocycles. The second-order valence-electron chi connectivity index (χ2n) is 3.99. The largest absolute Gasteiger partial charge is 0.439 e. The molecule has 0 aliphatic heterocycles. The van der Waals surface area contributed by atoms with Gasteiger partial charge in [0.25, 0.3) is 0 Å². The third-order valence-corrected chi connectivity index (χ3v) is 2.64. The van der Waals surface area contributed by atoms with Crippen LogP contribution in [0, 0.1) is 13.8 Å². The number of hydrogen-bond donors (Lipinski definition) is 1. The van der Waals surface area contributed by atoms with E-state index in [2.05, 4.69) is 29.4 Å². The maximum atomic E-state index is 5.73. The van der Waals surface area contributed by atoms with Crippen molar-refractivity contribution in [2.75, 3.05) is 7.05 Å². The van der Waals surface area contributed by atoms with E-state index in [4.69, 9.17) is 4.42 Å². The third-order valence-electron chi connectivity index (χ3n) is 2.64. The Labute approximate surface area is 89.5 Å². The van der Waals surface area contributed by atoms with Gasteiger partial charge in [-0.25, -0.2) is 4.98 Å². The number of rotatable bonds is 2. The SMILES string of the molecule is CNC(C)c1nc2cc(C)cc(C)c2o1. The Balaban J connectivity index is 2.60. The molecule has 3 heteroatoms. The number of oxazole rings is 1.